The summed E-state index contributed by atoms with van der Waals surface area (Å²) in [7, 11) is 1.35. The van der Waals surface area contributed by atoms with Crippen LogP contribution >= 0.6 is 0 Å². The van der Waals surface area contributed by atoms with Gasteiger partial charge in [-0.2, -0.15) is 0 Å². The van der Waals surface area contributed by atoms with Gasteiger partial charge in [0.25, 0.3) is 0 Å². The number of rotatable bonds is 4. The van der Waals surface area contributed by atoms with Crippen molar-refractivity contribution in [2.75, 3.05) is 20.3 Å². The van der Waals surface area contributed by atoms with E-state index in [4.69, 9.17) is 4.74 Å². The second-order valence-electron chi connectivity index (χ2n) is 4.72. The molecule has 1 heterocycles. The highest BCUT2D eigenvalue weighted by atomic mass is 16.5. The molecule has 1 saturated heterocycles. The van der Waals surface area contributed by atoms with Gasteiger partial charge in [0.2, 0.25) is 0 Å². The first-order chi connectivity index (χ1) is 9.20. The van der Waals surface area contributed by atoms with E-state index in [1.807, 2.05) is 12.1 Å². The number of hydrogen-bond acceptors (Lipinski definition) is 4. The lowest BCUT2D eigenvalue weighted by Gasteiger charge is -2.20. The lowest BCUT2D eigenvalue weighted by Crippen LogP contribution is -2.24. The van der Waals surface area contributed by atoms with Gasteiger partial charge in [0.05, 0.1) is 12.7 Å². The fourth-order valence-electron chi connectivity index (χ4n) is 2.24. The number of ether oxygens (including phenoxy) is 2. The molecule has 19 heavy (non-hydrogen) atoms. The molecule has 0 aliphatic carbocycles. The molecule has 2 rings (SSSR count). The number of methoxy groups -OCH3 is 1. The van der Waals surface area contributed by atoms with Crippen LogP contribution in [0.5, 0.6) is 0 Å². The molecule has 102 valence electrons. The summed E-state index contributed by atoms with van der Waals surface area (Å²) in [5.41, 5.74) is 1.44. The molecule has 0 amide bonds. The molecule has 0 radical (unpaired) electrons. The molecule has 4 nitrogen and oxygen atoms in total. The van der Waals surface area contributed by atoms with E-state index in [0.717, 1.165) is 18.4 Å². The van der Waals surface area contributed by atoms with Crippen LogP contribution in [0.25, 0.3) is 0 Å². The van der Waals surface area contributed by atoms with Gasteiger partial charge in [0.1, 0.15) is 5.78 Å². The zero-order chi connectivity index (χ0) is 13.7. The van der Waals surface area contributed by atoms with Crippen molar-refractivity contribution in [3.05, 3.63) is 35.4 Å². The Morgan fingerprint density at radius 1 is 1.21 bits per heavy atom. The second-order valence-corrected chi connectivity index (χ2v) is 4.72. The Morgan fingerprint density at radius 2 is 1.84 bits per heavy atom. The minimum Gasteiger partial charge on any atom is -0.465 e. The first-order valence-electron chi connectivity index (χ1n) is 6.48. The Hall–Kier alpha value is -1.68. The van der Waals surface area contributed by atoms with Crippen molar-refractivity contribution in [2.24, 2.45) is 5.92 Å². The van der Waals surface area contributed by atoms with E-state index in [1.165, 1.54) is 7.11 Å². The van der Waals surface area contributed by atoms with Crippen LogP contribution in [-0.2, 0) is 20.7 Å². The minimum absolute atomic E-state index is 0.119. The summed E-state index contributed by atoms with van der Waals surface area (Å²) in [4.78, 5) is 23.4. The van der Waals surface area contributed by atoms with Crippen LogP contribution in [0.4, 0.5) is 0 Å². The molecule has 0 atom stereocenters. The van der Waals surface area contributed by atoms with Crippen molar-refractivity contribution in [1.29, 1.82) is 0 Å². The standard InChI is InChI=1S/C15H18O4/c1-18-15(17)13-4-2-11(3-5-13)10-14(16)12-6-8-19-9-7-12/h2-5,12H,6-10H2,1H3. The molecule has 0 unspecified atom stereocenters. The van der Waals surface area contributed by atoms with Gasteiger partial charge in [-0.15, -0.1) is 0 Å². The molecule has 4 heteroatoms. The van der Waals surface area contributed by atoms with Crippen LogP contribution in [0.3, 0.4) is 0 Å². The third kappa shape index (κ3) is 3.64. The molecule has 1 aliphatic rings. The Balaban J connectivity index is 1.95. The lowest BCUT2D eigenvalue weighted by molar-refractivity contribution is -0.125. The SMILES string of the molecule is COC(=O)c1ccc(CC(=O)C2CCOCC2)cc1. The molecule has 1 fully saturated rings. The lowest BCUT2D eigenvalue weighted by atomic mass is 9.91. The van der Waals surface area contributed by atoms with Gasteiger partial charge >= 0.3 is 5.97 Å². The quantitative estimate of drug-likeness (QED) is 0.779. The highest BCUT2D eigenvalue weighted by molar-refractivity contribution is 5.89. The average molecular weight is 262 g/mol. The number of benzene rings is 1. The molecule has 1 aliphatic heterocycles. The van der Waals surface area contributed by atoms with E-state index < -0.39 is 0 Å². The summed E-state index contributed by atoms with van der Waals surface area (Å²) in [5.74, 6) is 0.0189. The number of hydrogen-bond donors (Lipinski definition) is 0. The summed E-state index contributed by atoms with van der Waals surface area (Å²) in [5, 5.41) is 0. The summed E-state index contributed by atoms with van der Waals surface area (Å²) < 4.78 is 9.88. The second kappa shape index (κ2) is 6.48. The zero-order valence-corrected chi connectivity index (χ0v) is 11.1. The number of esters is 1. The van der Waals surface area contributed by atoms with Crippen LogP contribution in [0.2, 0.25) is 0 Å². The first-order valence-corrected chi connectivity index (χ1v) is 6.48. The fraction of sp³-hybridized carbons (Fsp3) is 0.467. The largest absolute Gasteiger partial charge is 0.465 e. The molecule has 1 aromatic carbocycles. The summed E-state index contributed by atoms with van der Waals surface area (Å²) in [6, 6.07) is 7.00. The first kappa shape index (κ1) is 13.7. The van der Waals surface area contributed by atoms with Crippen molar-refractivity contribution in [2.45, 2.75) is 19.3 Å². The van der Waals surface area contributed by atoms with Crippen LogP contribution in [0.15, 0.2) is 24.3 Å². The van der Waals surface area contributed by atoms with Gasteiger partial charge in [0, 0.05) is 25.6 Å². The average Bonchev–Trinajstić information content (AvgIpc) is 2.48. The molecule has 0 N–H and O–H groups in total. The van der Waals surface area contributed by atoms with Crippen LogP contribution in [0.1, 0.15) is 28.8 Å². The fourth-order valence-corrected chi connectivity index (χ4v) is 2.24. The van der Waals surface area contributed by atoms with E-state index in [1.54, 1.807) is 12.1 Å². The maximum Gasteiger partial charge on any atom is 0.337 e. The van der Waals surface area contributed by atoms with Crippen molar-refractivity contribution in [3.63, 3.8) is 0 Å². The molecule has 0 bridgehead atoms. The van der Waals surface area contributed by atoms with Crippen molar-refractivity contribution in [1.82, 2.24) is 0 Å². The van der Waals surface area contributed by atoms with E-state index >= 15 is 0 Å². The highest BCUT2D eigenvalue weighted by Crippen LogP contribution is 2.18. The van der Waals surface area contributed by atoms with Gasteiger partial charge in [-0.05, 0) is 30.5 Å². The number of carbonyl (C=O) groups is 2. The molecular weight excluding hydrogens is 244 g/mol. The Labute approximate surface area is 112 Å². The minimum atomic E-state index is -0.359. The van der Waals surface area contributed by atoms with Crippen LogP contribution < -0.4 is 0 Å². The van der Waals surface area contributed by atoms with Crippen molar-refractivity contribution < 1.29 is 19.1 Å². The monoisotopic (exact) mass is 262 g/mol. The Bertz CT molecular complexity index is 444. The summed E-state index contributed by atoms with van der Waals surface area (Å²) in [6.07, 6.45) is 2.06. The van der Waals surface area contributed by atoms with E-state index in [9.17, 15) is 9.59 Å². The third-order valence-electron chi connectivity index (χ3n) is 3.43. The summed E-state index contributed by atoms with van der Waals surface area (Å²) >= 11 is 0. The maximum absolute atomic E-state index is 12.1. The zero-order valence-electron chi connectivity index (χ0n) is 11.1. The van der Waals surface area contributed by atoms with E-state index in [0.29, 0.717) is 25.2 Å². The smallest absolute Gasteiger partial charge is 0.337 e. The molecule has 0 aromatic heterocycles. The normalized spacial score (nSPS) is 16.1. The Morgan fingerprint density at radius 3 is 2.42 bits per heavy atom. The molecular formula is C15H18O4. The maximum atomic E-state index is 12.1. The third-order valence-corrected chi connectivity index (χ3v) is 3.43. The van der Waals surface area contributed by atoms with Crippen LogP contribution in [-0.4, -0.2) is 32.1 Å². The van der Waals surface area contributed by atoms with Crippen molar-refractivity contribution in [3.8, 4) is 0 Å². The molecule has 0 saturated carbocycles. The van der Waals surface area contributed by atoms with E-state index in [-0.39, 0.29) is 17.7 Å². The summed E-state index contributed by atoms with van der Waals surface area (Å²) in [6.45, 7) is 1.36. The number of carbonyl (C=O) groups excluding carboxylic acids is 2. The van der Waals surface area contributed by atoms with Gasteiger partial charge in [-0.1, -0.05) is 12.1 Å². The predicted molar refractivity (Wildman–Crippen MR) is 70.0 cm³/mol. The number of Topliss-reactive ketones (excluding diaryl/α,β-unsaturated/α-hetero) is 1. The number of ketones is 1. The Kier molecular flexibility index (Phi) is 4.68. The van der Waals surface area contributed by atoms with Crippen LogP contribution in [0, 0.1) is 5.92 Å². The van der Waals surface area contributed by atoms with Gasteiger partial charge in [-0.25, -0.2) is 4.79 Å². The molecule has 1 aromatic rings. The van der Waals surface area contributed by atoms with E-state index in [2.05, 4.69) is 4.74 Å². The van der Waals surface area contributed by atoms with Crippen molar-refractivity contribution >= 4 is 11.8 Å². The highest BCUT2D eigenvalue weighted by Gasteiger charge is 2.21. The van der Waals surface area contributed by atoms with Gasteiger partial charge < -0.3 is 9.47 Å². The topological polar surface area (TPSA) is 52.6 Å². The molecule has 0 spiro atoms. The predicted octanol–water partition coefficient (Wildman–Crippen LogP) is 2.01. The van der Waals surface area contributed by atoms with Gasteiger partial charge in [0.15, 0.2) is 0 Å². The van der Waals surface area contributed by atoms with Gasteiger partial charge in [-0.3, -0.25) is 4.79 Å².